The molecule has 0 amide bonds. The summed E-state index contributed by atoms with van der Waals surface area (Å²) in [6, 6.07) is 12.1. The van der Waals surface area contributed by atoms with Crippen molar-refractivity contribution in [3.63, 3.8) is 0 Å². The summed E-state index contributed by atoms with van der Waals surface area (Å²) < 4.78 is 2.92. The van der Waals surface area contributed by atoms with Gasteiger partial charge >= 0.3 is 0 Å². The van der Waals surface area contributed by atoms with Crippen LogP contribution in [0.1, 0.15) is 10.4 Å². The largest absolute Gasteiger partial charge is 0.231 e. The number of aromatic nitrogens is 2. The summed E-state index contributed by atoms with van der Waals surface area (Å²) in [5.41, 5.74) is 1.13. The normalized spacial score (nSPS) is 10.8. The van der Waals surface area contributed by atoms with E-state index in [4.69, 9.17) is 11.6 Å². The summed E-state index contributed by atoms with van der Waals surface area (Å²) in [7, 11) is 0. The van der Waals surface area contributed by atoms with Crippen molar-refractivity contribution in [2.24, 2.45) is 0 Å². The van der Waals surface area contributed by atoms with E-state index >= 15 is 0 Å². The monoisotopic (exact) mass is 352 g/mol. The predicted octanol–water partition coefficient (Wildman–Crippen LogP) is 4.94. The van der Waals surface area contributed by atoms with Gasteiger partial charge in [-0.2, -0.15) is 5.10 Å². The average molecular weight is 354 g/mol. The number of halogens is 2. The van der Waals surface area contributed by atoms with Crippen LogP contribution in [0.2, 0.25) is 5.02 Å². The van der Waals surface area contributed by atoms with E-state index in [0.717, 1.165) is 26.5 Å². The third-order valence-electron chi connectivity index (χ3n) is 2.75. The Morgan fingerprint density at radius 3 is 2.95 bits per heavy atom. The van der Waals surface area contributed by atoms with Crippen molar-refractivity contribution in [1.82, 2.24) is 9.78 Å². The van der Waals surface area contributed by atoms with E-state index in [1.807, 2.05) is 29.1 Å². The van der Waals surface area contributed by atoms with Crippen LogP contribution in [-0.2, 0) is 6.42 Å². The molecular formula is C14H10BrClN2S. The highest BCUT2D eigenvalue weighted by atomic mass is 79.9. The van der Waals surface area contributed by atoms with E-state index in [1.54, 1.807) is 17.5 Å². The Bertz CT molecular complexity index is 691. The van der Waals surface area contributed by atoms with Crippen molar-refractivity contribution in [1.29, 1.82) is 0 Å². The molecule has 19 heavy (non-hydrogen) atoms. The molecule has 0 spiro atoms. The van der Waals surface area contributed by atoms with Gasteiger partial charge in [-0.15, -0.1) is 11.3 Å². The Morgan fingerprint density at radius 2 is 2.16 bits per heavy atom. The van der Waals surface area contributed by atoms with Crippen LogP contribution in [0, 0.1) is 0 Å². The fraction of sp³-hybridized carbons (Fsp3) is 0.0714. The summed E-state index contributed by atoms with van der Waals surface area (Å²) in [4.78, 5) is 1.27. The van der Waals surface area contributed by atoms with Crippen LogP contribution >= 0.6 is 38.9 Å². The van der Waals surface area contributed by atoms with Crippen molar-refractivity contribution in [3.05, 3.63) is 68.7 Å². The third kappa shape index (κ3) is 2.91. The minimum absolute atomic E-state index is 0.803. The van der Waals surface area contributed by atoms with Gasteiger partial charge < -0.3 is 0 Å². The van der Waals surface area contributed by atoms with E-state index in [1.165, 1.54) is 4.88 Å². The first-order chi connectivity index (χ1) is 9.22. The van der Waals surface area contributed by atoms with Crippen molar-refractivity contribution in [3.8, 4) is 5.00 Å². The molecule has 3 rings (SSSR count). The molecule has 1 aromatic carbocycles. The molecule has 2 nitrogen and oxygen atoms in total. The molecule has 0 atom stereocenters. The Labute approximate surface area is 128 Å². The molecule has 5 heteroatoms. The molecule has 0 N–H and O–H groups in total. The van der Waals surface area contributed by atoms with Crippen molar-refractivity contribution < 1.29 is 0 Å². The first-order valence-corrected chi connectivity index (χ1v) is 7.74. The van der Waals surface area contributed by atoms with E-state index in [-0.39, 0.29) is 0 Å². The summed E-state index contributed by atoms with van der Waals surface area (Å²) in [5.74, 6) is 0. The highest BCUT2D eigenvalue weighted by molar-refractivity contribution is 9.10. The second-order valence-corrected chi connectivity index (χ2v) is 6.57. The number of hydrogen-bond donors (Lipinski definition) is 0. The van der Waals surface area contributed by atoms with Crippen molar-refractivity contribution >= 4 is 38.9 Å². The van der Waals surface area contributed by atoms with Crippen LogP contribution in [0.5, 0.6) is 0 Å². The van der Waals surface area contributed by atoms with Crippen LogP contribution in [0.15, 0.2) is 53.3 Å². The average Bonchev–Trinajstić information content (AvgIpc) is 3.04. The Kier molecular flexibility index (Phi) is 3.73. The molecule has 3 aromatic rings. The molecule has 0 saturated carbocycles. The number of thiophene rings is 1. The molecule has 0 aliphatic heterocycles. The Morgan fingerprint density at radius 1 is 1.26 bits per heavy atom. The van der Waals surface area contributed by atoms with Gasteiger partial charge in [0.25, 0.3) is 0 Å². The first-order valence-electron chi connectivity index (χ1n) is 5.75. The smallest absolute Gasteiger partial charge is 0.117 e. The van der Waals surface area contributed by atoms with E-state index < -0.39 is 0 Å². The molecule has 0 fully saturated rings. The van der Waals surface area contributed by atoms with Gasteiger partial charge in [0, 0.05) is 33.2 Å². The highest BCUT2D eigenvalue weighted by Crippen LogP contribution is 2.27. The number of rotatable bonds is 3. The van der Waals surface area contributed by atoms with Gasteiger partial charge in [-0.1, -0.05) is 27.5 Å². The third-order valence-corrected chi connectivity index (χ3v) is 4.69. The van der Waals surface area contributed by atoms with Gasteiger partial charge in [0.1, 0.15) is 5.00 Å². The highest BCUT2D eigenvalue weighted by Gasteiger charge is 2.06. The zero-order valence-corrected chi connectivity index (χ0v) is 13.0. The first kappa shape index (κ1) is 12.9. The standard InChI is InChI=1S/C14H10BrClN2S/c15-11-2-4-13(16)10(8-11)9-12-3-5-14(19-12)18-7-1-6-17-18/h1-8H,9H2. The molecule has 0 radical (unpaired) electrons. The zero-order valence-electron chi connectivity index (χ0n) is 9.88. The van der Waals surface area contributed by atoms with E-state index in [2.05, 4.69) is 39.2 Å². The zero-order chi connectivity index (χ0) is 13.2. The van der Waals surface area contributed by atoms with Gasteiger partial charge in [0.15, 0.2) is 0 Å². The second-order valence-electron chi connectivity index (χ2n) is 4.10. The molecule has 0 aliphatic carbocycles. The number of benzene rings is 1. The minimum atomic E-state index is 0.803. The van der Waals surface area contributed by atoms with E-state index in [0.29, 0.717) is 0 Å². The van der Waals surface area contributed by atoms with Gasteiger partial charge in [-0.25, -0.2) is 4.68 Å². The molecule has 2 heterocycles. The Balaban J connectivity index is 1.86. The lowest BCUT2D eigenvalue weighted by Crippen LogP contribution is -1.89. The molecule has 0 unspecified atom stereocenters. The van der Waals surface area contributed by atoms with Crippen molar-refractivity contribution in [2.45, 2.75) is 6.42 Å². The Hall–Kier alpha value is -1.10. The van der Waals surface area contributed by atoms with Gasteiger partial charge in [0.2, 0.25) is 0 Å². The summed E-state index contributed by atoms with van der Waals surface area (Å²) in [6.45, 7) is 0. The molecule has 0 bridgehead atoms. The lowest BCUT2D eigenvalue weighted by molar-refractivity contribution is 0.898. The van der Waals surface area contributed by atoms with Gasteiger partial charge in [-0.05, 0) is 42.0 Å². The van der Waals surface area contributed by atoms with Gasteiger partial charge in [-0.3, -0.25) is 0 Å². The fourth-order valence-electron chi connectivity index (χ4n) is 1.85. The topological polar surface area (TPSA) is 17.8 Å². The molecule has 0 aliphatic rings. The quantitative estimate of drug-likeness (QED) is 0.652. The van der Waals surface area contributed by atoms with Crippen LogP contribution in [0.25, 0.3) is 5.00 Å². The molecule has 96 valence electrons. The number of nitrogens with zero attached hydrogens (tertiary/aromatic N) is 2. The maximum atomic E-state index is 6.22. The lowest BCUT2D eigenvalue weighted by Gasteiger charge is -2.03. The molecule has 0 saturated heterocycles. The summed E-state index contributed by atoms with van der Waals surface area (Å²) >= 11 is 11.4. The molecular weight excluding hydrogens is 344 g/mol. The molecule has 2 aromatic heterocycles. The van der Waals surface area contributed by atoms with Crippen LogP contribution < -0.4 is 0 Å². The fourth-order valence-corrected chi connectivity index (χ4v) is 3.41. The van der Waals surface area contributed by atoms with Gasteiger partial charge in [0.05, 0.1) is 0 Å². The lowest BCUT2D eigenvalue weighted by atomic mass is 10.1. The van der Waals surface area contributed by atoms with Crippen LogP contribution in [0.3, 0.4) is 0 Å². The number of hydrogen-bond acceptors (Lipinski definition) is 2. The predicted molar refractivity (Wildman–Crippen MR) is 83.4 cm³/mol. The van der Waals surface area contributed by atoms with Crippen LogP contribution in [0.4, 0.5) is 0 Å². The van der Waals surface area contributed by atoms with Crippen LogP contribution in [-0.4, -0.2) is 9.78 Å². The van der Waals surface area contributed by atoms with E-state index in [9.17, 15) is 0 Å². The summed E-state index contributed by atoms with van der Waals surface area (Å²) in [6.07, 6.45) is 4.57. The maximum absolute atomic E-state index is 6.22. The maximum Gasteiger partial charge on any atom is 0.117 e. The SMILES string of the molecule is Clc1ccc(Br)cc1Cc1ccc(-n2cccn2)s1. The second kappa shape index (κ2) is 5.49. The summed E-state index contributed by atoms with van der Waals surface area (Å²) in [5, 5.41) is 6.15. The van der Waals surface area contributed by atoms with Crippen molar-refractivity contribution in [2.75, 3.05) is 0 Å². The minimum Gasteiger partial charge on any atom is -0.231 e.